The van der Waals surface area contributed by atoms with E-state index in [1.165, 1.54) is 0 Å². The molecule has 0 atom stereocenters. The van der Waals surface area contributed by atoms with Crippen LogP contribution in [0.4, 0.5) is 5.69 Å². The molecule has 1 aromatic rings. The summed E-state index contributed by atoms with van der Waals surface area (Å²) in [6.45, 7) is 11.9. The fraction of sp³-hybridized carbons (Fsp3) is 0.600. The molecule has 1 heterocycles. The van der Waals surface area contributed by atoms with Gasteiger partial charge in [-0.3, -0.25) is 9.78 Å². The van der Waals surface area contributed by atoms with Crippen LogP contribution >= 0.6 is 0 Å². The molecule has 0 bridgehead atoms. The molecule has 1 aromatic heterocycles. The second-order valence-corrected chi connectivity index (χ2v) is 5.97. The lowest BCUT2D eigenvalue weighted by molar-refractivity contribution is 0.0950. The molecule has 0 unspecified atom stereocenters. The molecule has 0 saturated carbocycles. The number of nitrogens with one attached hydrogen (secondary N) is 2. The number of aryl methyl sites for hydroxylation is 1. The van der Waals surface area contributed by atoms with E-state index in [9.17, 15) is 4.79 Å². The van der Waals surface area contributed by atoms with E-state index in [4.69, 9.17) is 0 Å². The minimum atomic E-state index is -0.0623. The molecule has 0 radical (unpaired) electrons. The Morgan fingerprint density at radius 2 is 2.05 bits per heavy atom. The molecule has 0 aromatic carbocycles. The molecule has 4 nitrogen and oxygen atoms in total. The molecule has 4 heteroatoms. The maximum Gasteiger partial charge on any atom is 0.254 e. The fourth-order valence-corrected chi connectivity index (χ4v) is 1.72. The number of anilines is 1. The quantitative estimate of drug-likeness (QED) is 0.858. The molecule has 2 N–H and O–H groups in total. The average Bonchev–Trinajstić information content (AvgIpc) is 2.27. The molecule has 0 spiro atoms. The van der Waals surface area contributed by atoms with E-state index in [0.29, 0.717) is 12.1 Å². The third kappa shape index (κ3) is 5.28. The molecular formula is C15H25N3O. The van der Waals surface area contributed by atoms with Gasteiger partial charge < -0.3 is 10.6 Å². The molecule has 0 aliphatic rings. The summed E-state index contributed by atoms with van der Waals surface area (Å²) in [4.78, 5) is 16.3. The van der Waals surface area contributed by atoms with Crippen molar-refractivity contribution in [2.75, 3.05) is 18.4 Å². The summed E-state index contributed by atoms with van der Waals surface area (Å²) in [6, 6.07) is 1.90. The van der Waals surface area contributed by atoms with Crippen molar-refractivity contribution in [1.29, 1.82) is 0 Å². The van der Waals surface area contributed by atoms with Crippen molar-refractivity contribution in [3.05, 3.63) is 23.5 Å². The standard InChI is InChI=1S/C15H25N3O/c1-6-16-13-9-11(2)18-10-12(13)14(19)17-8-7-15(3,4)5/h9-10H,6-8H2,1-5H3,(H,16,18)(H,17,19). The number of hydrogen-bond donors (Lipinski definition) is 2. The highest BCUT2D eigenvalue weighted by Gasteiger charge is 2.14. The highest BCUT2D eigenvalue weighted by molar-refractivity contribution is 5.99. The van der Waals surface area contributed by atoms with E-state index >= 15 is 0 Å². The highest BCUT2D eigenvalue weighted by Crippen LogP contribution is 2.18. The highest BCUT2D eigenvalue weighted by atomic mass is 16.1. The zero-order valence-corrected chi connectivity index (χ0v) is 12.6. The third-order valence-electron chi connectivity index (χ3n) is 2.81. The lowest BCUT2D eigenvalue weighted by atomic mass is 9.92. The van der Waals surface area contributed by atoms with Crippen LogP contribution in [-0.2, 0) is 0 Å². The van der Waals surface area contributed by atoms with Crippen molar-refractivity contribution in [2.24, 2.45) is 5.41 Å². The van der Waals surface area contributed by atoms with Gasteiger partial charge in [0.1, 0.15) is 0 Å². The molecule has 0 saturated heterocycles. The summed E-state index contributed by atoms with van der Waals surface area (Å²) in [7, 11) is 0. The second kappa shape index (κ2) is 6.55. The monoisotopic (exact) mass is 263 g/mol. The van der Waals surface area contributed by atoms with Crippen molar-refractivity contribution < 1.29 is 4.79 Å². The van der Waals surface area contributed by atoms with Crippen LogP contribution in [0.5, 0.6) is 0 Å². The van der Waals surface area contributed by atoms with Gasteiger partial charge in [-0.15, -0.1) is 0 Å². The van der Waals surface area contributed by atoms with Crippen LogP contribution in [0.1, 0.15) is 50.2 Å². The van der Waals surface area contributed by atoms with Gasteiger partial charge in [0.05, 0.1) is 11.3 Å². The van der Waals surface area contributed by atoms with Gasteiger partial charge in [0.15, 0.2) is 0 Å². The number of carbonyl (C=O) groups excluding carboxylic acids is 1. The Kier molecular flexibility index (Phi) is 5.33. The van der Waals surface area contributed by atoms with Crippen LogP contribution in [0.3, 0.4) is 0 Å². The van der Waals surface area contributed by atoms with Crippen molar-refractivity contribution in [3.8, 4) is 0 Å². The van der Waals surface area contributed by atoms with Gasteiger partial charge in [-0.05, 0) is 31.7 Å². The summed E-state index contributed by atoms with van der Waals surface area (Å²) >= 11 is 0. The Balaban J connectivity index is 2.71. The smallest absolute Gasteiger partial charge is 0.254 e. The van der Waals surface area contributed by atoms with Gasteiger partial charge in [-0.25, -0.2) is 0 Å². The Morgan fingerprint density at radius 3 is 2.63 bits per heavy atom. The van der Waals surface area contributed by atoms with Crippen molar-refractivity contribution >= 4 is 11.6 Å². The van der Waals surface area contributed by atoms with Crippen LogP contribution in [-0.4, -0.2) is 24.0 Å². The Hall–Kier alpha value is -1.58. The molecule has 0 aliphatic heterocycles. The number of pyridine rings is 1. The van der Waals surface area contributed by atoms with Gasteiger partial charge in [-0.2, -0.15) is 0 Å². The summed E-state index contributed by atoms with van der Waals surface area (Å²) in [6.07, 6.45) is 2.59. The van der Waals surface area contributed by atoms with Crippen LogP contribution < -0.4 is 10.6 Å². The zero-order chi connectivity index (χ0) is 14.5. The van der Waals surface area contributed by atoms with Crippen LogP contribution in [0.25, 0.3) is 0 Å². The molecule has 19 heavy (non-hydrogen) atoms. The van der Waals surface area contributed by atoms with E-state index in [2.05, 4.69) is 36.4 Å². The van der Waals surface area contributed by atoms with Gasteiger partial charge in [-0.1, -0.05) is 20.8 Å². The predicted octanol–water partition coefficient (Wildman–Crippen LogP) is 2.99. The first-order valence-corrected chi connectivity index (χ1v) is 6.82. The van der Waals surface area contributed by atoms with E-state index in [0.717, 1.165) is 24.3 Å². The minimum Gasteiger partial charge on any atom is -0.385 e. The van der Waals surface area contributed by atoms with E-state index in [1.54, 1.807) is 6.20 Å². The molecule has 1 rings (SSSR count). The minimum absolute atomic E-state index is 0.0623. The number of amides is 1. The summed E-state index contributed by atoms with van der Waals surface area (Å²) < 4.78 is 0. The SMILES string of the molecule is CCNc1cc(C)ncc1C(=O)NCCC(C)(C)C. The number of hydrogen-bond acceptors (Lipinski definition) is 3. The van der Waals surface area contributed by atoms with E-state index in [-0.39, 0.29) is 11.3 Å². The van der Waals surface area contributed by atoms with Crippen molar-refractivity contribution in [3.63, 3.8) is 0 Å². The van der Waals surface area contributed by atoms with Gasteiger partial charge in [0.25, 0.3) is 5.91 Å². The molecular weight excluding hydrogens is 238 g/mol. The largest absolute Gasteiger partial charge is 0.385 e. The van der Waals surface area contributed by atoms with Gasteiger partial charge >= 0.3 is 0 Å². The summed E-state index contributed by atoms with van der Waals surface area (Å²) in [5, 5.41) is 6.16. The molecule has 106 valence electrons. The van der Waals surface area contributed by atoms with Crippen LogP contribution in [0.2, 0.25) is 0 Å². The first-order chi connectivity index (χ1) is 8.83. The molecule has 0 fully saturated rings. The van der Waals surface area contributed by atoms with Gasteiger partial charge in [0.2, 0.25) is 0 Å². The normalized spacial score (nSPS) is 11.2. The fourth-order valence-electron chi connectivity index (χ4n) is 1.72. The Labute approximate surface area is 116 Å². The van der Waals surface area contributed by atoms with E-state index < -0.39 is 0 Å². The van der Waals surface area contributed by atoms with Crippen molar-refractivity contribution in [2.45, 2.75) is 41.0 Å². The molecule has 1 amide bonds. The third-order valence-corrected chi connectivity index (χ3v) is 2.81. The summed E-state index contributed by atoms with van der Waals surface area (Å²) in [5.41, 5.74) is 2.59. The lowest BCUT2D eigenvalue weighted by Crippen LogP contribution is -2.28. The molecule has 0 aliphatic carbocycles. The maximum absolute atomic E-state index is 12.1. The Bertz CT molecular complexity index is 436. The zero-order valence-electron chi connectivity index (χ0n) is 12.6. The average molecular weight is 263 g/mol. The Morgan fingerprint density at radius 1 is 1.37 bits per heavy atom. The number of rotatable bonds is 5. The van der Waals surface area contributed by atoms with E-state index in [1.807, 2.05) is 19.9 Å². The first kappa shape index (κ1) is 15.5. The van der Waals surface area contributed by atoms with Crippen LogP contribution in [0.15, 0.2) is 12.3 Å². The second-order valence-electron chi connectivity index (χ2n) is 5.97. The first-order valence-electron chi connectivity index (χ1n) is 6.82. The maximum atomic E-state index is 12.1. The van der Waals surface area contributed by atoms with Crippen molar-refractivity contribution in [1.82, 2.24) is 10.3 Å². The number of nitrogens with zero attached hydrogens (tertiary/aromatic N) is 1. The number of carbonyl (C=O) groups is 1. The van der Waals surface area contributed by atoms with Gasteiger partial charge in [0, 0.05) is 25.0 Å². The van der Waals surface area contributed by atoms with Crippen LogP contribution in [0, 0.1) is 12.3 Å². The predicted molar refractivity (Wildman–Crippen MR) is 79.5 cm³/mol. The number of aromatic nitrogens is 1. The summed E-state index contributed by atoms with van der Waals surface area (Å²) in [5.74, 6) is -0.0623. The topological polar surface area (TPSA) is 54.0 Å². The lowest BCUT2D eigenvalue weighted by Gasteiger charge is -2.18.